The van der Waals surface area contributed by atoms with Crippen LogP contribution in [0.25, 0.3) is 0 Å². The summed E-state index contributed by atoms with van der Waals surface area (Å²) in [7, 11) is 1.77. The quantitative estimate of drug-likeness (QED) is 0.758. The number of hydrogen-bond donors (Lipinski definition) is 0. The maximum absolute atomic E-state index is 12.3. The van der Waals surface area contributed by atoms with Crippen molar-refractivity contribution >= 4 is 27.5 Å². The first-order valence-electron chi connectivity index (χ1n) is 6.38. The summed E-state index contributed by atoms with van der Waals surface area (Å²) in [6.07, 6.45) is 6.75. The molecule has 0 unspecified atom stereocenters. The Hall–Kier alpha value is -1.67. The molecule has 1 amide bonds. The molecule has 4 nitrogen and oxygen atoms in total. The third-order valence-electron chi connectivity index (χ3n) is 3.39. The number of rotatable bonds is 5. The van der Waals surface area contributed by atoms with E-state index in [2.05, 4.69) is 32.1 Å². The monoisotopic (exact) mass is 333 g/mol. The predicted octanol–water partition coefficient (Wildman–Crippen LogP) is 3.69. The van der Waals surface area contributed by atoms with Crippen LogP contribution in [0.2, 0.25) is 0 Å². The van der Waals surface area contributed by atoms with E-state index in [4.69, 9.17) is 6.42 Å². The highest BCUT2D eigenvalue weighted by Gasteiger charge is 2.42. The van der Waals surface area contributed by atoms with Gasteiger partial charge < -0.3 is 4.90 Å². The van der Waals surface area contributed by atoms with Crippen molar-refractivity contribution in [1.29, 1.82) is 0 Å². The minimum atomic E-state index is -0.567. The maximum atomic E-state index is 12.3. The van der Waals surface area contributed by atoms with Crippen LogP contribution in [-0.4, -0.2) is 18.6 Å². The van der Waals surface area contributed by atoms with Gasteiger partial charge in [-0.2, -0.15) is 10.2 Å². The molecule has 0 atom stereocenters. The molecule has 1 heterocycles. The van der Waals surface area contributed by atoms with Gasteiger partial charge in [0, 0.05) is 30.0 Å². The van der Waals surface area contributed by atoms with E-state index in [0.29, 0.717) is 12.8 Å². The summed E-state index contributed by atoms with van der Waals surface area (Å²) in [4.78, 5) is 13.9. The Bertz CT molecular complexity index is 598. The molecule has 0 radical (unpaired) electrons. The molecule has 0 bridgehead atoms. The van der Waals surface area contributed by atoms with Crippen molar-refractivity contribution < 1.29 is 4.79 Å². The molecule has 5 heteroatoms. The molecule has 20 heavy (non-hydrogen) atoms. The van der Waals surface area contributed by atoms with Gasteiger partial charge in [0.05, 0.1) is 6.42 Å². The number of halogens is 1. The molecule has 0 saturated carbocycles. The Labute approximate surface area is 127 Å². The fourth-order valence-electron chi connectivity index (χ4n) is 1.94. The third kappa shape index (κ3) is 3.26. The van der Waals surface area contributed by atoms with Gasteiger partial charge in [-0.3, -0.25) is 4.79 Å². The number of hydrogen-bond acceptors (Lipinski definition) is 3. The van der Waals surface area contributed by atoms with E-state index in [9.17, 15) is 4.79 Å². The second-order valence-corrected chi connectivity index (χ2v) is 5.80. The van der Waals surface area contributed by atoms with Crippen molar-refractivity contribution in [3.63, 3.8) is 0 Å². The molecule has 2 rings (SSSR count). The van der Waals surface area contributed by atoms with Crippen molar-refractivity contribution in [1.82, 2.24) is 0 Å². The highest BCUT2D eigenvalue weighted by molar-refractivity contribution is 9.10. The smallest absolute Gasteiger partial charge is 0.231 e. The van der Waals surface area contributed by atoms with Crippen LogP contribution in [0.4, 0.5) is 5.69 Å². The summed E-state index contributed by atoms with van der Waals surface area (Å²) in [5.74, 6) is 2.56. The summed E-state index contributed by atoms with van der Waals surface area (Å²) in [5, 5.41) is 7.99. The van der Waals surface area contributed by atoms with Gasteiger partial charge in [-0.1, -0.05) is 15.9 Å². The third-order valence-corrected chi connectivity index (χ3v) is 4.28. The summed E-state index contributed by atoms with van der Waals surface area (Å²) in [5.41, 5.74) is 1.38. The lowest BCUT2D eigenvalue weighted by molar-refractivity contribution is -0.119. The van der Waals surface area contributed by atoms with Crippen LogP contribution in [0.5, 0.6) is 0 Å². The number of carbonyl (C=O) groups is 1. The van der Waals surface area contributed by atoms with Crippen LogP contribution >= 0.6 is 15.9 Å². The predicted molar refractivity (Wildman–Crippen MR) is 82.6 cm³/mol. The van der Waals surface area contributed by atoms with Gasteiger partial charge in [0.15, 0.2) is 0 Å². The highest BCUT2D eigenvalue weighted by atomic mass is 79.9. The Morgan fingerprint density at radius 3 is 2.75 bits per heavy atom. The van der Waals surface area contributed by atoms with E-state index < -0.39 is 5.66 Å². The lowest BCUT2D eigenvalue weighted by Gasteiger charge is -2.20. The van der Waals surface area contributed by atoms with E-state index in [1.54, 1.807) is 11.9 Å². The summed E-state index contributed by atoms with van der Waals surface area (Å²) in [6.45, 7) is 1.99. The van der Waals surface area contributed by atoms with Gasteiger partial charge in [-0.15, -0.1) is 12.3 Å². The van der Waals surface area contributed by atoms with Crippen molar-refractivity contribution in [2.45, 2.75) is 31.8 Å². The van der Waals surface area contributed by atoms with Gasteiger partial charge in [-0.05, 0) is 30.7 Å². The van der Waals surface area contributed by atoms with Gasteiger partial charge in [0.2, 0.25) is 11.6 Å². The standard InChI is InChI=1S/C15H16BrN3O/c1-4-5-8-15(17-18-15)10-14(20)19(3)12-6-7-13(16)11(2)9-12/h1,6-7,9H,5,8,10H2,2-3H3. The Kier molecular flexibility index (Phi) is 4.24. The highest BCUT2D eigenvalue weighted by Crippen LogP contribution is 2.37. The first-order chi connectivity index (χ1) is 9.47. The first-order valence-corrected chi connectivity index (χ1v) is 7.17. The van der Waals surface area contributed by atoms with Gasteiger partial charge >= 0.3 is 0 Å². The van der Waals surface area contributed by atoms with Crippen LogP contribution in [0.1, 0.15) is 24.8 Å². The van der Waals surface area contributed by atoms with Crippen molar-refractivity contribution in [3.8, 4) is 12.3 Å². The minimum Gasteiger partial charge on any atom is -0.315 e. The number of amides is 1. The maximum Gasteiger partial charge on any atom is 0.231 e. The fourth-order valence-corrected chi connectivity index (χ4v) is 2.19. The Balaban J connectivity index is 2.02. The second kappa shape index (κ2) is 5.76. The van der Waals surface area contributed by atoms with E-state index in [-0.39, 0.29) is 12.3 Å². The largest absolute Gasteiger partial charge is 0.315 e. The molecular weight excluding hydrogens is 318 g/mol. The molecule has 0 N–H and O–H groups in total. The van der Waals surface area contributed by atoms with Crippen LogP contribution in [0, 0.1) is 19.3 Å². The molecule has 0 saturated heterocycles. The van der Waals surface area contributed by atoms with E-state index in [0.717, 1.165) is 15.7 Å². The van der Waals surface area contributed by atoms with E-state index in [1.165, 1.54) is 0 Å². The minimum absolute atomic E-state index is 0.00579. The van der Waals surface area contributed by atoms with Crippen molar-refractivity contribution in [2.75, 3.05) is 11.9 Å². The molecule has 1 aromatic carbocycles. The number of anilines is 1. The number of carbonyl (C=O) groups excluding carboxylic acids is 1. The van der Waals surface area contributed by atoms with Gasteiger partial charge in [-0.25, -0.2) is 0 Å². The zero-order valence-electron chi connectivity index (χ0n) is 11.6. The van der Waals surface area contributed by atoms with Crippen LogP contribution in [0.15, 0.2) is 32.9 Å². The van der Waals surface area contributed by atoms with Crippen molar-refractivity contribution in [2.24, 2.45) is 10.2 Å². The summed E-state index contributed by atoms with van der Waals surface area (Å²) < 4.78 is 1.03. The fraction of sp³-hybridized carbons (Fsp3) is 0.400. The second-order valence-electron chi connectivity index (χ2n) is 4.95. The number of benzene rings is 1. The van der Waals surface area contributed by atoms with E-state index in [1.807, 2.05) is 25.1 Å². The van der Waals surface area contributed by atoms with Crippen LogP contribution in [-0.2, 0) is 4.79 Å². The van der Waals surface area contributed by atoms with Crippen LogP contribution in [0.3, 0.4) is 0 Å². The average Bonchev–Trinajstić information content (AvgIpc) is 3.19. The number of aryl methyl sites for hydroxylation is 1. The normalized spacial score (nSPS) is 14.7. The molecule has 104 valence electrons. The van der Waals surface area contributed by atoms with E-state index >= 15 is 0 Å². The zero-order valence-corrected chi connectivity index (χ0v) is 13.1. The van der Waals surface area contributed by atoms with Gasteiger partial charge in [0.1, 0.15) is 0 Å². The molecule has 1 aromatic rings. The number of terminal acetylenes is 1. The summed E-state index contributed by atoms with van der Waals surface area (Å²) >= 11 is 3.45. The lowest BCUT2D eigenvalue weighted by atomic mass is 10.0. The SMILES string of the molecule is C#CCCC1(CC(=O)N(C)c2ccc(Br)c(C)c2)N=N1. The average molecular weight is 334 g/mol. The first kappa shape index (κ1) is 14.7. The molecule has 0 spiro atoms. The molecule has 1 aliphatic rings. The Morgan fingerprint density at radius 2 is 2.20 bits per heavy atom. The molecule has 0 fully saturated rings. The summed E-state index contributed by atoms with van der Waals surface area (Å²) in [6, 6.07) is 5.82. The Morgan fingerprint density at radius 1 is 1.50 bits per heavy atom. The lowest BCUT2D eigenvalue weighted by Crippen LogP contribution is -2.31. The molecule has 0 aromatic heterocycles. The molecule has 0 aliphatic carbocycles. The van der Waals surface area contributed by atoms with Gasteiger partial charge in [0.25, 0.3) is 0 Å². The number of nitrogens with zero attached hydrogens (tertiary/aromatic N) is 3. The van der Waals surface area contributed by atoms with Crippen LogP contribution < -0.4 is 4.90 Å². The molecular formula is C15H16BrN3O. The van der Waals surface area contributed by atoms with Crippen molar-refractivity contribution in [3.05, 3.63) is 28.2 Å². The zero-order chi connectivity index (χ0) is 14.8. The topological polar surface area (TPSA) is 45.0 Å². The molecule has 1 aliphatic heterocycles.